The van der Waals surface area contributed by atoms with Crippen LogP contribution >= 0.6 is 0 Å². The van der Waals surface area contributed by atoms with Crippen molar-refractivity contribution in [2.75, 3.05) is 11.9 Å². The maximum absolute atomic E-state index is 12.5. The normalized spacial score (nSPS) is 10.1. The van der Waals surface area contributed by atoms with E-state index in [2.05, 4.69) is 4.98 Å². The Bertz CT molecular complexity index is 623. The Morgan fingerprint density at radius 2 is 1.80 bits per heavy atom. The first kappa shape index (κ1) is 13.9. The third-order valence-electron chi connectivity index (χ3n) is 3.06. The van der Waals surface area contributed by atoms with Crippen LogP contribution in [0.1, 0.15) is 29.3 Å². The van der Waals surface area contributed by atoms with Crippen LogP contribution in [0.5, 0.6) is 0 Å². The number of hydrogen-bond acceptors (Lipinski definition) is 3. The molecule has 0 unspecified atom stereocenters. The molecule has 0 radical (unpaired) electrons. The minimum Gasteiger partial charge on any atom is -0.299 e. The predicted molar refractivity (Wildman–Crippen MR) is 77.8 cm³/mol. The van der Waals surface area contributed by atoms with E-state index in [1.54, 1.807) is 44.4 Å². The summed E-state index contributed by atoms with van der Waals surface area (Å²) < 4.78 is 0. The Morgan fingerprint density at radius 3 is 2.45 bits per heavy atom. The number of carbonyl (C=O) groups is 2. The fourth-order valence-electron chi connectivity index (χ4n) is 1.94. The van der Waals surface area contributed by atoms with Gasteiger partial charge >= 0.3 is 0 Å². The van der Waals surface area contributed by atoms with Crippen LogP contribution in [-0.2, 0) is 4.79 Å². The van der Waals surface area contributed by atoms with Crippen molar-refractivity contribution >= 4 is 17.5 Å². The monoisotopic (exact) mass is 268 g/mol. The van der Waals surface area contributed by atoms with Crippen molar-refractivity contribution in [2.24, 2.45) is 0 Å². The van der Waals surface area contributed by atoms with Gasteiger partial charge in [-0.05, 0) is 12.1 Å². The van der Waals surface area contributed by atoms with Gasteiger partial charge in [0.2, 0.25) is 5.91 Å². The van der Waals surface area contributed by atoms with Gasteiger partial charge in [-0.3, -0.25) is 14.5 Å². The van der Waals surface area contributed by atoms with Crippen LogP contribution in [0.25, 0.3) is 0 Å². The summed E-state index contributed by atoms with van der Waals surface area (Å²) in [5.74, 6) is 0.184. The molecule has 0 spiro atoms. The average molecular weight is 268 g/mol. The van der Waals surface area contributed by atoms with Crippen LogP contribution in [0.15, 0.2) is 48.7 Å². The van der Waals surface area contributed by atoms with Crippen molar-refractivity contribution in [2.45, 2.75) is 13.3 Å². The number of pyridine rings is 1. The first-order valence-corrected chi connectivity index (χ1v) is 6.46. The van der Waals surface area contributed by atoms with Gasteiger partial charge in [0, 0.05) is 25.2 Å². The average Bonchev–Trinajstić information content (AvgIpc) is 2.53. The highest BCUT2D eigenvalue weighted by molar-refractivity contribution is 6.13. The lowest BCUT2D eigenvalue weighted by atomic mass is 10.0. The summed E-state index contributed by atoms with van der Waals surface area (Å²) in [6.45, 7) is 1.78. The third-order valence-corrected chi connectivity index (χ3v) is 3.06. The fourth-order valence-corrected chi connectivity index (χ4v) is 1.94. The van der Waals surface area contributed by atoms with Crippen molar-refractivity contribution in [1.82, 2.24) is 4.98 Å². The molecule has 1 aromatic heterocycles. The van der Waals surface area contributed by atoms with E-state index in [0.29, 0.717) is 23.4 Å². The van der Waals surface area contributed by atoms with E-state index in [-0.39, 0.29) is 11.7 Å². The minimum absolute atomic E-state index is 0.0780. The van der Waals surface area contributed by atoms with Gasteiger partial charge in [0.1, 0.15) is 5.82 Å². The van der Waals surface area contributed by atoms with E-state index < -0.39 is 0 Å². The second-order valence-corrected chi connectivity index (χ2v) is 4.38. The van der Waals surface area contributed by atoms with Crippen molar-refractivity contribution in [3.8, 4) is 0 Å². The van der Waals surface area contributed by atoms with Gasteiger partial charge in [0.25, 0.3) is 0 Å². The van der Waals surface area contributed by atoms with Crippen molar-refractivity contribution in [3.05, 3.63) is 59.8 Å². The van der Waals surface area contributed by atoms with E-state index in [1.807, 2.05) is 18.2 Å². The molecule has 1 aromatic carbocycles. The summed E-state index contributed by atoms with van der Waals surface area (Å²) in [5, 5.41) is 0. The number of benzene rings is 1. The lowest BCUT2D eigenvalue weighted by molar-refractivity contribution is -0.118. The van der Waals surface area contributed by atoms with E-state index >= 15 is 0 Å². The third kappa shape index (κ3) is 2.74. The van der Waals surface area contributed by atoms with E-state index in [1.165, 1.54) is 4.90 Å². The molecular weight excluding hydrogens is 252 g/mol. The maximum Gasteiger partial charge on any atom is 0.227 e. The molecule has 0 aliphatic carbocycles. The molecule has 0 saturated carbocycles. The molecule has 0 atom stereocenters. The van der Waals surface area contributed by atoms with Crippen LogP contribution in [0.2, 0.25) is 0 Å². The molecule has 1 amide bonds. The van der Waals surface area contributed by atoms with Crippen LogP contribution in [0, 0.1) is 0 Å². The fraction of sp³-hybridized carbons (Fsp3) is 0.188. The molecule has 0 bridgehead atoms. The number of aromatic nitrogens is 1. The zero-order valence-electron chi connectivity index (χ0n) is 11.5. The second kappa shape index (κ2) is 6.10. The van der Waals surface area contributed by atoms with Crippen LogP contribution in [0.3, 0.4) is 0 Å². The summed E-state index contributed by atoms with van der Waals surface area (Å²) in [5.41, 5.74) is 1.02. The number of rotatable bonds is 4. The van der Waals surface area contributed by atoms with Gasteiger partial charge in [0.15, 0.2) is 5.78 Å². The Kier molecular flexibility index (Phi) is 4.25. The molecular formula is C16H16N2O2. The van der Waals surface area contributed by atoms with E-state index in [4.69, 9.17) is 0 Å². The summed E-state index contributed by atoms with van der Waals surface area (Å²) >= 11 is 0. The quantitative estimate of drug-likeness (QED) is 0.801. The lowest BCUT2D eigenvalue weighted by Gasteiger charge is -2.18. The molecule has 0 fully saturated rings. The summed E-state index contributed by atoms with van der Waals surface area (Å²) in [6.07, 6.45) is 1.95. The van der Waals surface area contributed by atoms with Gasteiger partial charge in [-0.15, -0.1) is 0 Å². The molecule has 2 aromatic rings. The van der Waals surface area contributed by atoms with Gasteiger partial charge in [-0.1, -0.05) is 37.3 Å². The zero-order chi connectivity index (χ0) is 14.5. The van der Waals surface area contributed by atoms with Gasteiger partial charge in [0.05, 0.1) is 5.56 Å². The first-order valence-electron chi connectivity index (χ1n) is 6.46. The molecule has 0 aliphatic heterocycles. The van der Waals surface area contributed by atoms with Crippen molar-refractivity contribution < 1.29 is 9.59 Å². The second-order valence-electron chi connectivity index (χ2n) is 4.38. The SMILES string of the molecule is CCC(=O)N(C)c1ncccc1C(=O)c1ccccc1. The number of nitrogens with zero attached hydrogens (tertiary/aromatic N) is 2. The molecule has 2 rings (SSSR count). The topological polar surface area (TPSA) is 50.3 Å². The van der Waals surface area contributed by atoms with Crippen LogP contribution in [0.4, 0.5) is 5.82 Å². The maximum atomic E-state index is 12.5. The highest BCUT2D eigenvalue weighted by atomic mass is 16.2. The molecule has 4 heteroatoms. The van der Waals surface area contributed by atoms with Crippen LogP contribution in [-0.4, -0.2) is 23.7 Å². The molecule has 0 saturated heterocycles. The smallest absolute Gasteiger partial charge is 0.227 e. The molecule has 102 valence electrons. The molecule has 1 heterocycles. The number of ketones is 1. The lowest BCUT2D eigenvalue weighted by Crippen LogP contribution is -2.28. The zero-order valence-corrected chi connectivity index (χ0v) is 11.5. The Hall–Kier alpha value is -2.49. The Morgan fingerprint density at radius 1 is 1.10 bits per heavy atom. The molecule has 0 aliphatic rings. The summed E-state index contributed by atoms with van der Waals surface area (Å²) in [6, 6.07) is 12.4. The minimum atomic E-state index is -0.135. The number of anilines is 1. The van der Waals surface area contributed by atoms with Crippen molar-refractivity contribution in [3.63, 3.8) is 0 Å². The molecule has 0 N–H and O–H groups in total. The molecule has 4 nitrogen and oxygen atoms in total. The van der Waals surface area contributed by atoms with Gasteiger partial charge in [-0.25, -0.2) is 4.98 Å². The Labute approximate surface area is 118 Å². The van der Waals surface area contributed by atoms with Crippen LogP contribution < -0.4 is 4.90 Å². The summed E-state index contributed by atoms with van der Waals surface area (Å²) in [7, 11) is 1.63. The summed E-state index contributed by atoms with van der Waals surface area (Å²) in [4.78, 5) is 29.9. The first-order chi connectivity index (χ1) is 9.65. The van der Waals surface area contributed by atoms with E-state index in [0.717, 1.165) is 0 Å². The Balaban J connectivity index is 2.43. The highest BCUT2D eigenvalue weighted by Crippen LogP contribution is 2.20. The number of amides is 1. The number of hydrogen-bond donors (Lipinski definition) is 0. The largest absolute Gasteiger partial charge is 0.299 e. The standard InChI is InChI=1S/C16H16N2O2/c1-3-14(19)18(2)16-13(10-7-11-17-16)15(20)12-8-5-4-6-9-12/h4-11H,3H2,1-2H3. The van der Waals surface area contributed by atoms with Gasteiger partial charge in [-0.2, -0.15) is 0 Å². The molecule has 20 heavy (non-hydrogen) atoms. The van der Waals surface area contributed by atoms with Crippen molar-refractivity contribution in [1.29, 1.82) is 0 Å². The van der Waals surface area contributed by atoms with Gasteiger partial charge < -0.3 is 0 Å². The predicted octanol–water partition coefficient (Wildman–Crippen LogP) is 2.69. The highest BCUT2D eigenvalue weighted by Gasteiger charge is 2.19. The number of carbonyl (C=O) groups excluding carboxylic acids is 2. The van der Waals surface area contributed by atoms with E-state index in [9.17, 15) is 9.59 Å².